The van der Waals surface area contributed by atoms with Crippen molar-refractivity contribution in [2.45, 2.75) is 64.1 Å². The first-order chi connectivity index (χ1) is 19.8. The molecule has 0 saturated carbocycles. The average Bonchev–Trinajstić information content (AvgIpc) is 2.84. The summed E-state index contributed by atoms with van der Waals surface area (Å²) in [6.07, 6.45) is 0.300. The number of pyridine rings is 1. The Morgan fingerprint density at radius 3 is 2.12 bits per heavy atom. The maximum atomic E-state index is 13.3. The van der Waals surface area contributed by atoms with Crippen LogP contribution in [0.4, 0.5) is 11.4 Å². The van der Waals surface area contributed by atoms with Gasteiger partial charge in [0, 0.05) is 29.4 Å². The number of aromatic nitrogens is 1. The number of non-ortho nitro benzene ring substituents is 1. The molecule has 0 aliphatic rings. The highest BCUT2D eigenvalue weighted by molar-refractivity contribution is 7.91. The Labute approximate surface area is 250 Å². The second-order valence-corrected chi connectivity index (χ2v) is 15.8. The molecule has 3 rings (SSSR count). The lowest BCUT2D eigenvalue weighted by molar-refractivity contribution is -0.384. The number of nitro benzene ring substituents is 1. The van der Waals surface area contributed by atoms with Gasteiger partial charge in [-0.05, 0) is 76.8 Å². The van der Waals surface area contributed by atoms with Gasteiger partial charge in [-0.3, -0.25) is 23.7 Å². The van der Waals surface area contributed by atoms with E-state index >= 15 is 0 Å². The van der Waals surface area contributed by atoms with Crippen molar-refractivity contribution >= 4 is 59.1 Å². The van der Waals surface area contributed by atoms with Crippen LogP contribution in [0.1, 0.15) is 48.0 Å². The third-order valence-corrected chi connectivity index (χ3v) is 9.60. The van der Waals surface area contributed by atoms with Crippen molar-refractivity contribution in [1.29, 1.82) is 0 Å². The van der Waals surface area contributed by atoms with Crippen LogP contribution in [0.15, 0.2) is 41.3 Å². The number of sulfone groups is 1. The molecule has 3 aromatic rings. The minimum atomic E-state index is -3.95. The van der Waals surface area contributed by atoms with Gasteiger partial charge in [0.05, 0.1) is 50.1 Å². The summed E-state index contributed by atoms with van der Waals surface area (Å²) < 4.78 is 71.0. The van der Waals surface area contributed by atoms with Crippen LogP contribution in [0.5, 0.6) is 0 Å². The molecule has 1 N–H and O–H groups in total. The molecular formula is C26H35N3O11P2S. The predicted octanol–water partition coefficient (Wildman–Crippen LogP) is 5.66. The van der Waals surface area contributed by atoms with Gasteiger partial charge in [0.25, 0.3) is 5.69 Å². The molecule has 0 amide bonds. The van der Waals surface area contributed by atoms with E-state index in [2.05, 4.69) is 14.8 Å². The number of hydrogen-bond acceptors (Lipinski definition) is 13. The Bertz CT molecular complexity index is 1650. The van der Waals surface area contributed by atoms with Crippen LogP contribution < -0.4 is 10.2 Å². The molecule has 0 fully saturated rings. The van der Waals surface area contributed by atoms with Crippen LogP contribution in [0.3, 0.4) is 0 Å². The quantitative estimate of drug-likeness (QED) is 0.0732. The summed E-state index contributed by atoms with van der Waals surface area (Å²) in [6, 6.07) is 8.37. The Morgan fingerprint density at radius 1 is 0.977 bits per heavy atom. The van der Waals surface area contributed by atoms with Crippen LogP contribution >= 0.6 is 16.1 Å². The summed E-state index contributed by atoms with van der Waals surface area (Å²) in [4.78, 5) is 26.1. The van der Waals surface area contributed by atoms with Crippen molar-refractivity contribution < 1.29 is 45.5 Å². The fourth-order valence-corrected chi connectivity index (χ4v) is 7.26. The Hall–Kier alpha value is -2.61. The van der Waals surface area contributed by atoms with Crippen LogP contribution in [0.2, 0.25) is 0 Å². The number of benzene rings is 2. The first-order valence-electron chi connectivity index (χ1n) is 13.2. The molecule has 14 nitrogen and oxygen atoms in total. The fraction of sp³-hybridized carbons (Fsp3) is 0.500. The van der Waals surface area contributed by atoms with Gasteiger partial charge in [0.1, 0.15) is 6.61 Å². The van der Waals surface area contributed by atoms with E-state index in [4.69, 9.17) is 13.6 Å². The highest BCUT2D eigenvalue weighted by Gasteiger charge is 2.37. The lowest BCUT2D eigenvalue weighted by Crippen LogP contribution is -2.25. The monoisotopic (exact) mass is 659 g/mol. The largest absolute Gasteiger partial charge is 0.566 e. The Balaban J connectivity index is 1.93. The van der Waals surface area contributed by atoms with Crippen LogP contribution in [-0.2, 0) is 37.1 Å². The van der Waals surface area contributed by atoms with Crippen molar-refractivity contribution in [2.24, 2.45) is 0 Å². The number of hydrogen-bond donors (Lipinski definition) is 1. The maximum Gasteiger partial charge on any atom is 0.488 e. The summed E-state index contributed by atoms with van der Waals surface area (Å²) in [5.74, 6) is -0.582. The first kappa shape index (κ1) is 34.9. The Morgan fingerprint density at radius 2 is 1.56 bits per heavy atom. The van der Waals surface area contributed by atoms with Gasteiger partial charge in [-0.1, -0.05) is 0 Å². The molecule has 17 heteroatoms. The van der Waals surface area contributed by atoms with E-state index < -0.39 is 54.4 Å². The number of nitrogens with one attached hydrogen (secondary N) is 1. The lowest BCUT2D eigenvalue weighted by Gasteiger charge is -2.30. The number of fused-ring (bicyclic) bond motifs is 2. The van der Waals surface area contributed by atoms with E-state index in [9.17, 15) is 32.6 Å². The number of nitro groups is 1. The molecule has 0 aliphatic carbocycles. The van der Waals surface area contributed by atoms with Gasteiger partial charge in [0.2, 0.25) is 0 Å². The zero-order valence-electron chi connectivity index (χ0n) is 24.7. The number of phosphoric ester groups is 1. The van der Waals surface area contributed by atoms with E-state index in [-0.39, 0.29) is 23.7 Å². The molecule has 1 atom stereocenters. The summed E-state index contributed by atoms with van der Waals surface area (Å²) >= 11 is 0. The summed E-state index contributed by atoms with van der Waals surface area (Å²) in [7, 11) is -11.1. The van der Waals surface area contributed by atoms with Crippen molar-refractivity contribution in [1.82, 2.24) is 4.98 Å². The molecule has 1 heterocycles. The molecule has 236 valence electrons. The molecule has 43 heavy (non-hydrogen) atoms. The van der Waals surface area contributed by atoms with Crippen molar-refractivity contribution in [3.63, 3.8) is 0 Å². The van der Waals surface area contributed by atoms with Gasteiger partial charge in [-0.2, -0.15) is 0 Å². The number of phosphoric acid groups is 1. The maximum absolute atomic E-state index is 13.3. The zero-order chi connectivity index (χ0) is 32.2. The molecule has 0 bridgehead atoms. The van der Waals surface area contributed by atoms with Gasteiger partial charge < -0.3 is 10.2 Å². The van der Waals surface area contributed by atoms with Crippen LogP contribution in [0.25, 0.3) is 21.8 Å². The standard InChI is InChI=1S/C26H35N3O11P2S/c1-25(2,3)39-42(34,40-26(4,5)6)38-13-7-12-27-24-20-16-18(29(30)31)8-10-22(20)28-23-11-9-19(17-21(23)24)43(35,36)15-14-37-41(32)33/h8-11,16-17H,7,12-15H2,1-6H3,(H,27,28). The van der Waals surface area contributed by atoms with Gasteiger partial charge in [0.15, 0.2) is 9.84 Å². The molecule has 1 unspecified atom stereocenters. The molecule has 2 aromatic carbocycles. The second-order valence-electron chi connectivity index (χ2n) is 11.5. The molecule has 0 aliphatic heterocycles. The Kier molecular flexibility index (Phi) is 11.0. The number of rotatable bonds is 14. The minimum absolute atomic E-state index is 0.0286. The third-order valence-electron chi connectivity index (χ3n) is 5.49. The minimum Gasteiger partial charge on any atom is -0.566 e. The molecule has 1 aromatic heterocycles. The topological polar surface area (TPSA) is 196 Å². The highest BCUT2D eigenvalue weighted by atomic mass is 32.2. The lowest BCUT2D eigenvalue weighted by atomic mass is 10.1. The van der Waals surface area contributed by atoms with Crippen molar-refractivity contribution in [3.8, 4) is 0 Å². The molecule has 0 saturated heterocycles. The van der Waals surface area contributed by atoms with Crippen molar-refractivity contribution in [2.75, 3.05) is 30.8 Å². The van der Waals surface area contributed by atoms with Gasteiger partial charge >= 0.3 is 16.1 Å². The predicted molar refractivity (Wildman–Crippen MR) is 160 cm³/mol. The third kappa shape index (κ3) is 10.2. The number of anilines is 1. The number of nitrogens with zero attached hydrogens (tertiary/aromatic N) is 2. The van der Waals surface area contributed by atoms with Crippen LogP contribution in [0, 0.1) is 10.1 Å². The average molecular weight is 660 g/mol. The van der Waals surface area contributed by atoms with Crippen molar-refractivity contribution in [3.05, 3.63) is 46.5 Å². The smallest absolute Gasteiger partial charge is 0.488 e. The highest BCUT2D eigenvalue weighted by Crippen LogP contribution is 2.55. The van der Waals surface area contributed by atoms with Crippen LogP contribution in [-0.4, -0.2) is 55.0 Å². The summed E-state index contributed by atoms with van der Waals surface area (Å²) in [5, 5.41) is 15.5. The molecular weight excluding hydrogens is 624 g/mol. The summed E-state index contributed by atoms with van der Waals surface area (Å²) in [6.45, 7) is 10.00. The SMILES string of the molecule is CC(C)(C)OP(=O)(OCCCNc1c2cc([N+](=O)[O-])ccc2nc2ccc(S(=O)(=O)CCO[P+](=O)[O-])cc12)OC(C)(C)C. The molecule has 0 radical (unpaired) electrons. The second kappa shape index (κ2) is 13.6. The van der Waals surface area contributed by atoms with Gasteiger partial charge in [-0.25, -0.2) is 18.0 Å². The normalized spacial score (nSPS) is 13.4. The van der Waals surface area contributed by atoms with E-state index in [1.54, 1.807) is 41.5 Å². The fourth-order valence-electron chi connectivity index (χ4n) is 3.95. The summed E-state index contributed by atoms with van der Waals surface area (Å²) in [5.41, 5.74) is -0.563. The van der Waals surface area contributed by atoms with E-state index in [0.29, 0.717) is 33.9 Å². The molecule has 0 spiro atoms. The van der Waals surface area contributed by atoms with E-state index in [0.717, 1.165) is 0 Å². The van der Waals surface area contributed by atoms with E-state index in [1.807, 2.05) is 0 Å². The first-order valence-corrected chi connectivity index (χ1v) is 17.4. The van der Waals surface area contributed by atoms with Gasteiger partial charge in [-0.15, -0.1) is 4.52 Å². The zero-order valence-corrected chi connectivity index (χ0v) is 27.3. The van der Waals surface area contributed by atoms with E-state index in [1.165, 1.54) is 36.4 Å².